The molecule has 0 spiro atoms. The predicted molar refractivity (Wildman–Crippen MR) is 67.9 cm³/mol. The SMILES string of the molecule is Cn1cnc(CCNCc2ccc(C(F)(F)F)cc2)n1. The van der Waals surface area contributed by atoms with Crippen molar-refractivity contribution in [3.8, 4) is 0 Å². The summed E-state index contributed by atoms with van der Waals surface area (Å²) >= 11 is 0. The molecule has 0 aliphatic carbocycles. The van der Waals surface area contributed by atoms with Crippen molar-refractivity contribution in [3.63, 3.8) is 0 Å². The number of halogens is 3. The molecule has 1 N–H and O–H groups in total. The number of benzene rings is 1. The van der Waals surface area contributed by atoms with Gasteiger partial charge in [0.05, 0.1) is 5.56 Å². The molecular formula is C13H15F3N4. The third-order valence-corrected chi connectivity index (χ3v) is 2.78. The minimum absolute atomic E-state index is 0.519. The van der Waals surface area contributed by atoms with Crippen LogP contribution in [-0.2, 0) is 26.2 Å². The van der Waals surface area contributed by atoms with Crippen molar-refractivity contribution in [2.75, 3.05) is 6.54 Å². The van der Waals surface area contributed by atoms with Crippen LogP contribution >= 0.6 is 0 Å². The van der Waals surface area contributed by atoms with Crippen molar-refractivity contribution in [2.24, 2.45) is 7.05 Å². The van der Waals surface area contributed by atoms with E-state index in [9.17, 15) is 13.2 Å². The molecule has 0 atom stereocenters. The number of aromatic nitrogens is 3. The molecule has 0 radical (unpaired) electrons. The van der Waals surface area contributed by atoms with Crippen LogP contribution in [0, 0.1) is 0 Å². The minimum Gasteiger partial charge on any atom is -0.312 e. The van der Waals surface area contributed by atoms with E-state index in [2.05, 4.69) is 15.4 Å². The van der Waals surface area contributed by atoms with Gasteiger partial charge in [0.25, 0.3) is 0 Å². The molecule has 0 bridgehead atoms. The number of rotatable bonds is 5. The van der Waals surface area contributed by atoms with Crippen molar-refractivity contribution in [1.82, 2.24) is 20.1 Å². The maximum absolute atomic E-state index is 12.4. The van der Waals surface area contributed by atoms with E-state index in [1.807, 2.05) is 0 Å². The fraction of sp³-hybridized carbons (Fsp3) is 0.385. The zero-order valence-corrected chi connectivity index (χ0v) is 11.0. The zero-order chi connectivity index (χ0) is 14.6. The molecule has 108 valence electrons. The normalized spacial score (nSPS) is 11.8. The third-order valence-electron chi connectivity index (χ3n) is 2.78. The quantitative estimate of drug-likeness (QED) is 0.856. The van der Waals surface area contributed by atoms with Crippen LogP contribution in [0.2, 0.25) is 0 Å². The van der Waals surface area contributed by atoms with Gasteiger partial charge in [-0.2, -0.15) is 18.3 Å². The Kier molecular flexibility index (Phi) is 4.39. The summed E-state index contributed by atoms with van der Waals surface area (Å²) in [5.74, 6) is 0.743. The first-order chi connectivity index (χ1) is 9.45. The summed E-state index contributed by atoms with van der Waals surface area (Å²) in [6.07, 6.45) is -1.97. The molecule has 0 amide bonds. The Bertz CT molecular complexity index is 545. The van der Waals surface area contributed by atoms with Crippen LogP contribution in [-0.4, -0.2) is 21.3 Å². The van der Waals surface area contributed by atoms with Gasteiger partial charge in [0.15, 0.2) is 5.82 Å². The topological polar surface area (TPSA) is 42.7 Å². The van der Waals surface area contributed by atoms with Gasteiger partial charge in [-0.05, 0) is 17.7 Å². The van der Waals surface area contributed by atoms with Gasteiger partial charge in [-0.15, -0.1) is 0 Å². The van der Waals surface area contributed by atoms with Crippen LogP contribution in [0.3, 0.4) is 0 Å². The van der Waals surface area contributed by atoms with Gasteiger partial charge in [-0.1, -0.05) is 12.1 Å². The molecule has 1 heterocycles. The van der Waals surface area contributed by atoms with E-state index in [4.69, 9.17) is 0 Å². The van der Waals surface area contributed by atoms with Gasteiger partial charge in [0, 0.05) is 26.6 Å². The average Bonchev–Trinajstić information content (AvgIpc) is 2.80. The highest BCUT2D eigenvalue weighted by Crippen LogP contribution is 2.28. The van der Waals surface area contributed by atoms with Crippen molar-refractivity contribution >= 4 is 0 Å². The predicted octanol–water partition coefficient (Wildman–Crippen LogP) is 2.17. The smallest absolute Gasteiger partial charge is 0.312 e. The van der Waals surface area contributed by atoms with E-state index in [0.29, 0.717) is 19.5 Å². The first-order valence-corrected chi connectivity index (χ1v) is 6.16. The number of hydrogen-bond acceptors (Lipinski definition) is 3. The van der Waals surface area contributed by atoms with E-state index < -0.39 is 11.7 Å². The minimum atomic E-state index is -4.28. The number of nitrogens with zero attached hydrogens (tertiary/aromatic N) is 3. The number of aryl methyl sites for hydroxylation is 1. The summed E-state index contributed by atoms with van der Waals surface area (Å²) in [5, 5.41) is 7.28. The Labute approximate surface area is 114 Å². The van der Waals surface area contributed by atoms with Crippen LogP contribution in [0.15, 0.2) is 30.6 Å². The summed E-state index contributed by atoms with van der Waals surface area (Å²) in [7, 11) is 1.80. The molecule has 0 fully saturated rings. The maximum atomic E-state index is 12.4. The van der Waals surface area contributed by atoms with Crippen molar-refractivity contribution in [2.45, 2.75) is 19.1 Å². The second kappa shape index (κ2) is 6.04. The molecule has 0 saturated heterocycles. The van der Waals surface area contributed by atoms with Gasteiger partial charge in [0.1, 0.15) is 6.33 Å². The number of nitrogens with one attached hydrogen (secondary N) is 1. The van der Waals surface area contributed by atoms with E-state index in [-0.39, 0.29) is 0 Å². The lowest BCUT2D eigenvalue weighted by molar-refractivity contribution is -0.137. The Balaban J connectivity index is 1.77. The molecule has 4 nitrogen and oxygen atoms in total. The van der Waals surface area contributed by atoms with Gasteiger partial charge in [-0.25, -0.2) is 4.98 Å². The fourth-order valence-corrected chi connectivity index (χ4v) is 1.74. The molecule has 1 aromatic carbocycles. The van der Waals surface area contributed by atoms with E-state index in [1.165, 1.54) is 12.1 Å². The average molecular weight is 284 g/mol. The number of alkyl halides is 3. The summed E-state index contributed by atoms with van der Waals surface area (Å²) in [4.78, 5) is 4.09. The van der Waals surface area contributed by atoms with Gasteiger partial charge >= 0.3 is 6.18 Å². The van der Waals surface area contributed by atoms with Gasteiger partial charge in [0.2, 0.25) is 0 Å². The summed E-state index contributed by atoms with van der Waals surface area (Å²) in [5.41, 5.74) is 0.186. The van der Waals surface area contributed by atoms with Crippen molar-refractivity contribution < 1.29 is 13.2 Å². The first-order valence-electron chi connectivity index (χ1n) is 6.16. The number of hydrogen-bond donors (Lipinski definition) is 1. The molecule has 2 aromatic rings. The van der Waals surface area contributed by atoms with Crippen LogP contribution in [0.5, 0.6) is 0 Å². The zero-order valence-electron chi connectivity index (χ0n) is 11.0. The largest absolute Gasteiger partial charge is 0.416 e. The Morgan fingerprint density at radius 3 is 2.45 bits per heavy atom. The third kappa shape index (κ3) is 4.06. The molecule has 0 aliphatic heterocycles. The lowest BCUT2D eigenvalue weighted by Crippen LogP contribution is -2.17. The monoisotopic (exact) mass is 284 g/mol. The highest BCUT2D eigenvalue weighted by atomic mass is 19.4. The Hall–Kier alpha value is -1.89. The summed E-state index contributed by atoms with van der Waals surface area (Å²) < 4.78 is 38.8. The Morgan fingerprint density at radius 2 is 1.90 bits per heavy atom. The first kappa shape index (κ1) is 14.5. The summed E-state index contributed by atoms with van der Waals surface area (Å²) in [6.45, 7) is 1.19. The lowest BCUT2D eigenvalue weighted by atomic mass is 10.1. The van der Waals surface area contributed by atoms with Crippen molar-refractivity contribution in [3.05, 3.63) is 47.5 Å². The van der Waals surface area contributed by atoms with Gasteiger partial charge < -0.3 is 5.32 Å². The molecule has 0 aliphatic rings. The lowest BCUT2D eigenvalue weighted by Gasteiger charge is -2.08. The summed E-state index contributed by atoms with van der Waals surface area (Å²) in [6, 6.07) is 5.15. The Morgan fingerprint density at radius 1 is 1.20 bits per heavy atom. The molecule has 0 unspecified atom stereocenters. The van der Waals surface area contributed by atoms with Crippen LogP contribution in [0.25, 0.3) is 0 Å². The highest BCUT2D eigenvalue weighted by Gasteiger charge is 2.29. The maximum Gasteiger partial charge on any atom is 0.416 e. The molecule has 20 heavy (non-hydrogen) atoms. The van der Waals surface area contributed by atoms with Crippen LogP contribution < -0.4 is 5.32 Å². The van der Waals surface area contributed by atoms with Crippen LogP contribution in [0.1, 0.15) is 17.0 Å². The standard InChI is InChI=1S/C13H15F3N4/c1-20-9-18-12(19-20)6-7-17-8-10-2-4-11(5-3-10)13(14,15)16/h2-5,9,17H,6-8H2,1H3. The molecular weight excluding hydrogens is 269 g/mol. The van der Waals surface area contributed by atoms with Crippen molar-refractivity contribution in [1.29, 1.82) is 0 Å². The molecule has 0 saturated carbocycles. The van der Waals surface area contributed by atoms with Gasteiger partial charge in [-0.3, -0.25) is 4.68 Å². The van der Waals surface area contributed by atoms with E-state index >= 15 is 0 Å². The van der Waals surface area contributed by atoms with E-state index in [0.717, 1.165) is 23.5 Å². The molecule has 1 aromatic heterocycles. The fourth-order valence-electron chi connectivity index (χ4n) is 1.74. The van der Waals surface area contributed by atoms with E-state index in [1.54, 1.807) is 18.1 Å². The van der Waals surface area contributed by atoms with Crippen LogP contribution in [0.4, 0.5) is 13.2 Å². The molecule has 2 rings (SSSR count). The second-order valence-corrected chi connectivity index (χ2v) is 4.46. The highest BCUT2D eigenvalue weighted by molar-refractivity contribution is 5.24. The second-order valence-electron chi connectivity index (χ2n) is 4.46. The molecule has 7 heteroatoms.